The molecule has 4 aliphatic carbocycles. The third-order valence-electron chi connectivity index (χ3n) is 6.01. The van der Waals surface area contributed by atoms with Gasteiger partial charge in [0.25, 0.3) is 0 Å². The number of rotatable bonds is 2. The zero-order chi connectivity index (χ0) is 12.2. The van der Waals surface area contributed by atoms with Gasteiger partial charge < -0.3 is 10.5 Å². The highest BCUT2D eigenvalue weighted by Crippen LogP contribution is 2.61. The fourth-order valence-electron chi connectivity index (χ4n) is 5.65. The summed E-state index contributed by atoms with van der Waals surface area (Å²) in [5.41, 5.74) is 7.05. The SMILES string of the molecule is NC(C1=CCCCO1)C12CC3CC(CC(C3)C1)C2. The molecule has 4 bridgehead atoms. The number of allylic oxidation sites excluding steroid dienone is 1. The Bertz CT molecular complexity index is 338. The lowest BCUT2D eigenvalue weighted by Gasteiger charge is -2.59. The number of hydrogen-bond acceptors (Lipinski definition) is 2. The minimum Gasteiger partial charge on any atom is -0.497 e. The minimum atomic E-state index is 0.186. The third-order valence-corrected chi connectivity index (χ3v) is 6.01. The van der Waals surface area contributed by atoms with Crippen molar-refractivity contribution in [2.75, 3.05) is 6.61 Å². The van der Waals surface area contributed by atoms with Crippen molar-refractivity contribution >= 4 is 0 Å². The highest BCUT2D eigenvalue weighted by atomic mass is 16.5. The predicted molar refractivity (Wildman–Crippen MR) is 71.8 cm³/mol. The van der Waals surface area contributed by atoms with E-state index in [1.807, 2.05) is 0 Å². The van der Waals surface area contributed by atoms with Gasteiger partial charge in [-0.05, 0) is 80.6 Å². The second-order valence-electron chi connectivity index (χ2n) is 7.35. The van der Waals surface area contributed by atoms with E-state index in [2.05, 4.69) is 6.08 Å². The van der Waals surface area contributed by atoms with Crippen molar-refractivity contribution in [2.45, 2.75) is 57.4 Å². The lowest BCUT2D eigenvalue weighted by molar-refractivity contribution is -0.0695. The Morgan fingerprint density at radius 3 is 2.22 bits per heavy atom. The molecule has 0 radical (unpaired) electrons. The van der Waals surface area contributed by atoms with Crippen molar-refractivity contribution in [1.82, 2.24) is 0 Å². The smallest absolute Gasteiger partial charge is 0.109 e. The van der Waals surface area contributed by atoms with Crippen molar-refractivity contribution < 1.29 is 4.74 Å². The zero-order valence-electron chi connectivity index (χ0n) is 11.2. The van der Waals surface area contributed by atoms with Crippen LogP contribution in [-0.4, -0.2) is 12.6 Å². The maximum Gasteiger partial charge on any atom is 0.109 e. The van der Waals surface area contributed by atoms with E-state index < -0.39 is 0 Å². The summed E-state index contributed by atoms with van der Waals surface area (Å²) in [6.45, 7) is 0.881. The lowest BCUT2D eigenvalue weighted by atomic mass is 9.47. The van der Waals surface area contributed by atoms with Gasteiger partial charge in [0.2, 0.25) is 0 Å². The van der Waals surface area contributed by atoms with Crippen LogP contribution in [0.5, 0.6) is 0 Å². The topological polar surface area (TPSA) is 35.2 Å². The van der Waals surface area contributed by atoms with Gasteiger partial charge >= 0.3 is 0 Å². The Morgan fingerprint density at radius 2 is 1.72 bits per heavy atom. The Kier molecular flexibility index (Phi) is 2.52. The average molecular weight is 247 g/mol. The van der Waals surface area contributed by atoms with E-state index in [9.17, 15) is 0 Å². The fourth-order valence-corrected chi connectivity index (χ4v) is 5.65. The summed E-state index contributed by atoms with van der Waals surface area (Å²) in [5.74, 6) is 4.06. The van der Waals surface area contributed by atoms with Gasteiger partial charge in [0, 0.05) is 0 Å². The third kappa shape index (κ3) is 1.65. The van der Waals surface area contributed by atoms with Gasteiger partial charge in [-0.25, -0.2) is 0 Å². The summed E-state index contributed by atoms with van der Waals surface area (Å²) in [5, 5.41) is 0. The van der Waals surface area contributed by atoms with Crippen LogP contribution >= 0.6 is 0 Å². The van der Waals surface area contributed by atoms with E-state index in [1.54, 1.807) is 0 Å². The van der Waals surface area contributed by atoms with E-state index in [4.69, 9.17) is 10.5 Å². The van der Waals surface area contributed by atoms with Crippen LogP contribution in [0.25, 0.3) is 0 Å². The van der Waals surface area contributed by atoms with Crippen molar-refractivity contribution in [3.05, 3.63) is 11.8 Å². The molecule has 1 atom stereocenters. The molecule has 1 heterocycles. The van der Waals surface area contributed by atoms with Crippen LogP contribution in [0, 0.1) is 23.2 Å². The molecule has 1 aliphatic heterocycles. The summed E-state index contributed by atoms with van der Waals surface area (Å²) in [7, 11) is 0. The maximum absolute atomic E-state index is 6.65. The molecule has 0 spiro atoms. The van der Waals surface area contributed by atoms with Crippen LogP contribution in [0.2, 0.25) is 0 Å². The summed E-state index contributed by atoms with van der Waals surface area (Å²) >= 11 is 0. The molecule has 0 aromatic heterocycles. The molecule has 0 aromatic carbocycles. The molecule has 4 fully saturated rings. The van der Waals surface area contributed by atoms with Gasteiger partial charge in [-0.15, -0.1) is 0 Å². The molecule has 2 N–H and O–H groups in total. The molecule has 1 unspecified atom stereocenters. The molecule has 0 aromatic rings. The Labute approximate surface area is 110 Å². The van der Waals surface area contributed by atoms with Crippen molar-refractivity contribution in [3.63, 3.8) is 0 Å². The number of hydrogen-bond donors (Lipinski definition) is 1. The number of ether oxygens (including phenoxy) is 1. The van der Waals surface area contributed by atoms with Gasteiger partial charge in [0.15, 0.2) is 0 Å². The van der Waals surface area contributed by atoms with E-state index >= 15 is 0 Å². The monoisotopic (exact) mass is 247 g/mol. The van der Waals surface area contributed by atoms with Crippen molar-refractivity contribution in [3.8, 4) is 0 Å². The van der Waals surface area contributed by atoms with E-state index in [1.165, 1.54) is 38.5 Å². The molecule has 2 heteroatoms. The van der Waals surface area contributed by atoms with Gasteiger partial charge in [-0.3, -0.25) is 0 Å². The Morgan fingerprint density at radius 1 is 1.11 bits per heavy atom. The summed E-state index contributed by atoms with van der Waals surface area (Å²) in [6.07, 6.45) is 13.2. The van der Waals surface area contributed by atoms with Crippen molar-refractivity contribution in [2.24, 2.45) is 28.9 Å². The number of nitrogens with two attached hydrogens (primary N) is 1. The lowest BCUT2D eigenvalue weighted by Crippen LogP contribution is -2.55. The molecule has 18 heavy (non-hydrogen) atoms. The highest BCUT2D eigenvalue weighted by Gasteiger charge is 2.54. The molecule has 0 amide bonds. The first kappa shape index (κ1) is 11.3. The molecule has 0 saturated heterocycles. The predicted octanol–water partition coefficient (Wildman–Crippen LogP) is 3.22. The Balaban J connectivity index is 1.61. The first-order valence-electron chi connectivity index (χ1n) is 7.84. The van der Waals surface area contributed by atoms with E-state index in [0.29, 0.717) is 5.41 Å². The standard InChI is InChI=1S/C16H25NO/c17-15(14-3-1-2-4-18-14)16-8-11-5-12(9-16)7-13(6-11)10-16/h3,11-13,15H,1-2,4-10,17H2. The quantitative estimate of drug-likeness (QED) is 0.813. The van der Waals surface area contributed by atoms with Crippen LogP contribution in [0.1, 0.15) is 51.4 Å². The molecule has 4 saturated carbocycles. The van der Waals surface area contributed by atoms with Gasteiger partial charge in [0.05, 0.1) is 12.6 Å². The molecular formula is C16H25NO. The van der Waals surface area contributed by atoms with E-state index in [0.717, 1.165) is 43.0 Å². The van der Waals surface area contributed by atoms with Crippen LogP contribution in [0.4, 0.5) is 0 Å². The fraction of sp³-hybridized carbons (Fsp3) is 0.875. The van der Waals surface area contributed by atoms with Gasteiger partial charge in [-0.2, -0.15) is 0 Å². The van der Waals surface area contributed by atoms with Crippen LogP contribution in [0.3, 0.4) is 0 Å². The molecule has 5 aliphatic rings. The minimum absolute atomic E-state index is 0.186. The first-order chi connectivity index (χ1) is 8.75. The first-order valence-corrected chi connectivity index (χ1v) is 7.84. The zero-order valence-corrected chi connectivity index (χ0v) is 11.2. The largest absolute Gasteiger partial charge is 0.497 e. The second-order valence-corrected chi connectivity index (χ2v) is 7.35. The summed E-state index contributed by atoms with van der Waals surface area (Å²) < 4.78 is 5.87. The van der Waals surface area contributed by atoms with Gasteiger partial charge in [-0.1, -0.05) is 0 Å². The Hall–Kier alpha value is -0.500. The van der Waals surface area contributed by atoms with Crippen molar-refractivity contribution in [1.29, 1.82) is 0 Å². The van der Waals surface area contributed by atoms with Crippen LogP contribution in [-0.2, 0) is 4.74 Å². The average Bonchev–Trinajstić information content (AvgIpc) is 2.37. The van der Waals surface area contributed by atoms with Crippen LogP contribution in [0.15, 0.2) is 11.8 Å². The second kappa shape index (κ2) is 4.00. The highest BCUT2D eigenvalue weighted by molar-refractivity contribution is 5.16. The molecule has 2 nitrogen and oxygen atoms in total. The molecule has 5 rings (SSSR count). The van der Waals surface area contributed by atoms with E-state index in [-0.39, 0.29) is 6.04 Å². The summed E-state index contributed by atoms with van der Waals surface area (Å²) in [6, 6.07) is 0.186. The normalized spacial score (nSPS) is 47.6. The molecule has 100 valence electrons. The van der Waals surface area contributed by atoms with Crippen LogP contribution < -0.4 is 5.73 Å². The van der Waals surface area contributed by atoms with Gasteiger partial charge in [0.1, 0.15) is 5.76 Å². The molecular weight excluding hydrogens is 222 g/mol. The maximum atomic E-state index is 6.65. The summed E-state index contributed by atoms with van der Waals surface area (Å²) in [4.78, 5) is 0.